The van der Waals surface area contributed by atoms with Crippen molar-refractivity contribution in [2.45, 2.75) is 29.6 Å². The van der Waals surface area contributed by atoms with Gasteiger partial charge in [0.05, 0.1) is 5.60 Å². The van der Waals surface area contributed by atoms with E-state index >= 15 is 0 Å². The van der Waals surface area contributed by atoms with Gasteiger partial charge in [0.1, 0.15) is 5.25 Å². The third kappa shape index (κ3) is 3.57. The molecule has 0 saturated heterocycles. The van der Waals surface area contributed by atoms with E-state index < -0.39 is 16.8 Å². The van der Waals surface area contributed by atoms with Crippen molar-refractivity contribution in [3.8, 4) is 0 Å². The Labute approximate surface area is 93.1 Å². The zero-order valence-corrected chi connectivity index (χ0v) is 9.49. The molecule has 0 amide bonds. The van der Waals surface area contributed by atoms with Gasteiger partial charge in [0.15, 0.2) is 0 Å². The van der Waals surface area contributed by atoms with Gasteiger partial charge in [-0.1, -0.05) is 18.2 Å². The van der Waals surface area contributed by atoms with Crippen molar-refractivity contribution in [1.82, 2.24) is 0 Å². The first-order valence-corrected chi connectivity index (χ1v) is 5.46. The number of benzene rings is 1. The largest absolute Gasteiger partial charge is 0.480 e. The molecule has 0 fully saturated rings. The maximum atomic E-state index is 11.0. The molecule has 0 heterocycles. The molecule has 0 aliphatic rings. The lowest BCUT2D eigenvalue weighted by Gasteiger charge is -2.24. The summed E-state index contributed by atoms with van der Waals surface area (Å²) in [5.74, 6) is -1.00. The number of aliphatic hydroxyl groups is 1. The van der Waals surface area contributed by atoms with E-state index in [1.165, 1.54) is 13.8 Å². The summed E-state index contributed by atoms with van der Waals surface area (Å²) in [7, 11) is 0. The average Bonchev–Trinajstić information content (AvgIpc) is 2.13. The highest BCUT2D eigenvalue weighted by molar-refractivity contribution is 8.00. The van der Waals surface area contributed by atoms with Gasteiger partial charge in [-0.3, -0.25) is 4.79 Å². The SMILES string of the molecule is CC(C)(O)[C@H](Sc1ccccc1)C(=O)O. The molecule has 0 spiro atoms. The molecule has 4 heteroatoms. The predicted molar refractivity (Wildman–Crippen MR) is 60.0 cm³/mol. The standard InChI is InChI=1S/C11H14O3S/c1-11(2,14)9(10(12)13)15-8-6-4-3-5-7-8/h3-7,9,14H,1-2H3,(H,12,13)/t9-/m1/s1. The van der Waals surface area contributed by atoms with Crippen molar-refractivity contribution in [1.29, 1.82) is 0 Å². The van der Waals surface area contributed by atoms with Crippen LogP contribution >= 0.6 is 11.8 Å². The molecule has 0 radical (unpaired) electrons. The Kier molecular flexibility index (Phi) is 3.77. The lowest BCUT2D eigenvalue weighted by atomic mass is 10.1. The summed E-state index contributed by atoms with van der Waals surface area (Å²) in [6, 6.07) is 9.19. The maximum absolute atomic E-state index is 11.0. The third-order valence-corrected chi connectivity index (χ3v) is 3.42. The van der Waals surface area contributed by atoms with Crippen LogP contribution in [0.15, 0.2) is 35.2 Å². The summed E-state index contributed by atoms with van der Waals surface area (Å²) in [5, 5.41) is 17.8. The van der Waals surface area contributed by atoms with Crippen LogP contribution in [0.1, 0.15) is 13.8 Å². The minimum absolute atomic E-state index is 0.840. The molecule has 0 unspecified atom stereocenters. The number of rotatable bonds is 4. The fraction of sp³-hybridized carbons (Fsp3) is 0.364. The molecular formula is C11H14O3S. The molecule has 15 heavy (non-hydrogen) atoms. The van der Waals surface area contributed by atoms with Crippen molar-refractivity contribution in [3.63, 3.8) is 0 Å². The van der Waals surface area contributed by atoms with Crippen LogP contribution in [-0.4, -0.2) is 27.0 Å². The van der Waals surface area contributed by atoms with E-state index in [-0.39, 0.29) is 0 Å². The van der Waals surface area contributed by atoms with Crippen molar-refractivity contribution >= 4 is 17.7 Å². The van der Waals surface area contributed by atoms with Crippen LogP contribution in [0.4, 0.5) is 0 Å². The highest BCUT2D eigenvalue weighted by Crippen LogP contribution is 2.30. The van der Waals surface area contributed by atoms with Crippen molar-refractivity contribution in [3.05, 3.63) is 30.3 Å². The lowest BCUT2D eigenvalue weighted by Crippen LogP contribution is -2.39. The summed E-state index contributed by atoms with van der Waals surface area (Å²) >= 11 is 1.15. The van der Waals surface area contributed by atoms with Gasteiger partial charge in [-0.25, -0.2) is 0 Å². The number of aliphatic carboxylic acids is 1. The molecule has 1 aromatic carbocycles. The highest BCUT2D eigenvalue weighted by Gasteiger charge is 2.34. The maximum Gasteiger partial charge on any atom is 0.319 e. The van der Waals surface area contributed by atoms with Crippen LogP contribution < -0.4 is 0 Å². The first-order chi connectivity index (χ1) is 6.91. The minimum atomic E-state index is -1.24. The van der Waals surface area contributed by atoms with Gasteiger partial charge >= 0.3 is 5.97 Å². The zero-order chi connectivity index (χ0) is 11.5. The molecule has 0 bridgehead atoms. The second-order valence-electron chi connectivity index (χ2n) is 3.80. The van der Waals surface area contributed by atoms with Crippen LogP contribution in [0, 0.1) is 0 Å². The minimum Gasteiger partial charge on any atom is -0.480 e. The van der Waals surface area contributed by atoms with Crippen molar-refractivity contribution < 1.29 is 15.0 Å². The quantitative estimate of drug-likeness (QED) is 0.771. The molecule has 0 saturated carbocycles. The summed E-state index contributed by atoms with van der Waals surface area (Å²) in [4.78, 5) is 11.8. The Morgan fingerprint density at radius 1 is 1.33 bits per heavy atom. The summed E-state index contributed by atoms with van der Waals surface area (Å²) < 4.78 is 0. The molecule has 0 aliphatic carbocycles. The van der Waals surface area contributed by atoms with E-state index in [0.29, 0.717) is 0 Å². The van der Waals surface area contributed by atoms with Crippen LogP contribution in [0.3, 0.4) is 0 Å². The number of thioether (sulfide) groups is 1. The second-order valence-corrected chi connectivity index (χ2v) is 4.98. The number of carboxylic acids is 1. The zero-order valence-electron chi connectivity index (χ0n) is 8.68. The number of carbonyl (C=O) groups is 1. The number of hydrogen-bond donors (Lipinski definition) is 2. The second kappa shape index (κ2) is 4.68. The Bertz CT molecular complexity index is 329. The predicted octanol–water partition coefficient (Wildman–Crippen LogP) is 2.00. The van der Waals surface area contributed by atoms with Gasteiger partial charge in [-0.05, 0) is 26.0 Å². The normalized spacial score (nSPS) is 13.5. The molecule has 1 atom stereocenters. The topological polar surface area (TPSA) is 57.5 Å². The monoisotopic (exact) mass is 226 g/mol. The third-order valence-electron chi connectivity index (χ3n) is 1.86. The fourth-order valence-electron chi connectivity index (χ4n) is 1.13. The van der Waals surface area contributed by atoms with E-state index in [4.69, 9.17) is 5.11 Å². The van der Waals surface area contributed by atoms with E-state index in [2.05, 4.69) is 0 Å². The number of carboxylic acid groups (broad SMARTS) is 1. The Morgan fingerprint density at radius 3 is 2.27 bits per heavy atom. The van der Waals surface area contributed by atoms with Crippen molar-refractivity contribution in [2.75, 3.05) is 0 Å². The first kappa shape index (κ1) is 12.1. The van der Waals surface area contributed by atoms with E-state index in [1.54, 1.807) is 0 Å². The van der Waals surface area contributed by atoms with Crippen LogP contribution in [-0.2, 0) is 4.79 Å². The smallest absolute Gasteiger partial charge is 0.319 e. The van der Waals surface area contributed by atoms with Gasteiger partial charge < -0.3 is 10.2 Å². The van der Waals surface area contributed by atoms with Crippen molar-refractivity contribution in [2.24, 2.45) is 0 Å². The van der Waals surface area contributed by atoms with Gasteiger partial charge in [-0.15, -0.1) is 11.8 Å². The summed E-state index contributed by atoms with van der Waals surface area (Å²) in [6.07, 6.45) is 0. The Morgan fingerprint density at radius 2 is 1.87 bits per heavy atom. The number of hydrogen-bond acceptors (Lipinski definition) is 3. The Balaban J connectivity index is 2.82. The molecule has 82 valence electrons. The molecular weight excluding hydrogens is 212 g/mol. The van der Waals surface area contributed by atoms with Gasteiger partial charge in [0.25, 0.3) is 0 Å². The lowest BCUT2D eigenvalue weighted by molar-refractivity contribution is -0.140. The fourth-order valence-corrected chi connectivity index (χ4v) is 2.11. The molecule has 1 rings (SSSR count). The Hall–Kier alpha value is -1.00. The highest BCUT2D eigenvalue weighted by atomic mass is 32.2. The summed E-state index contributed by atoms with van der Waals surface area (Å²) in [5.41, 5.74) is -1.24. The molecule has 3 nitrogen and oxygen atoms in total. The molecule has 0 aromatic heterocycles. The van der Waals surface area contributed by atoms with Gasteiger partial charge in [0, 0.05) is 4.90 Å². The van der Waals surface area contributed by atoms with Crippen LogP contribution in [0.25, 0.3) is 0 Å². The first-order valence-electron chi connectivity index (χ1n) is 4.58. The van der Waals surface area contributed by atoms with Gasteiger partial charge in [-0.2, -0.15) is 0 Å². The van der Waals surface area contributed by atoms with Crippen LogP contribution in [0.5, 0.6) is 0 Å². The van der Waals surface area contributed by atoms with E-state index in [0.717, 1.165) is 16.7 Å². The molecule has 1 aromatic rings. The molecule has 0 aliphatic heterocycles. The van der Waals surface area contributed by atoms with Gasteiger partial charge in [0.2, 0.25) is 0 Å². The summed E-state index contributed by atoms with van der Waals surface area (Å²) in [6.45, 7) is 3.00. The van der Waals surface area contributed by atoms with E-state index in [1.807, 2.05) is 30.3 Å². The average molecular weight is 226 g/mol. The molecule has 2 N–H and O–H groups in total. The van der Waals surface area contributed by atoms with Crippen LogP contribution in [0.2, 0.25) is 0 Å². The van der Waals surface area contributed by atoms with E-state index in [9.17, 15) is 9.90 Å².